The average Bonchev–Trinajstić information content (AvgIpc) is 3.01. The summed E-state index contributed by atoms with van der Waals surface area (Å²) in [5.41, 5.74) is 3.42. The quantitative estimate of drug-likeness (QED) is 0.784. The summed E-state index contributed by atoms with van der Waals surface area (Å²) in [4.78, 5) is 36.9. The van der Waals surface area contributed by atoms with Crippen molar-refractivity contribution < 1.29 is 19.1 Å². The second-order valence-corrected chi connectivity index (χ2v) is 5.96. The largest absolute Gasteiger partial charge is 0.450 e. The lowest BCUT2D eigenvalue weighted by Gasteiger charge is -2.19. The molecule has 0 heterocycles. The number of carbonyl (C=O) groups excluding carboxylic acids is 3. The summed E-state index contributed by atoms with van der Waals surface area (Å²) in [6.45, 7) is 4.23. The van der Waals surface area contributed by atoms with Crippen molar-refractivity contribution in [2.45, 2.75) is 33.1 Å². The lowest BCUT2D eigenvalue weighted by atomic mass is 10.1. The van der Waals surface area contributed by atoms with Gasteiger partial charge in [-0.3, -0.25) is 19.8 Å². The summed E-state index contributed by atoms with van der Waals surface area (Å²) in [6.07, 6.45) is 2.54. The van der Waals surface area contributed by atoms with Gasteiger partial charge in [-0.2, -0.15) is 0 Å². The van der Waals surface area contributed by atoms with Gasteiger partial charge in [0.25, 0.3) is 0 Å². The molecule has 1 aromatic rings. The fourth-order valence-corrected chi connectivity index (χ4v) is 2.86. The van der Waals surface area contributed by atoms with E-state index in [-0.39, 0.29) is 25.6 Å². The first-order chi connectivity index (χ1) is 12.0. The first kappa shape index (κ1) is 18.9. The number of hydrogen-bond donors (Lipinski definition) is 2. The molecule has 0 radical (unpaired) electrons. The van der Waals surface area contributed by atoms with E-state index in [1.54, 1.807) is 11.8 Å². The van der Waals surface area contributed by atoms with Crippen molar-refractivity contribution in [3.8, 4) is 0 Å². The van der Waals surface area contributed by atoms with E-state index < -0.39 is 12.0 Å². The van der Waals surface area contributed by atoms with Crippen LogP contribution in [0.1, 0.15) is 31.4 Å². The molecule has 0 aliphatic heterocycles. The number of carbonyl (C=O) groups is 3. The minimum absolute atomic E-state index is 0.0487. The van der Waals surface area contributed by atoms with Crippen molar-refractivity contribution in [3.63, 3.8) is 0 Å². The van der Waals surface area contributed by atoms with E-state index in [0.29, 0.717) is 6.54 Å². The summed E-state index contributed by atoms with van der Waals surface area (Å²) in [5.74, 6) is -0.686. The monoisotopic (exact) mass is 347 g/mol. The van der Waals surface area contributed by atoms with Crippen molar-refractivity contribution >= 4 is 23.6 Å². The number of nitrogens with zero attached hydrogens (tertiary/aromatic N) is 1. The Morgan fingerprint density at radius 1 is 1.08 bits per heavy atom. The van der Waals surface area contributed by atoms with E-state index >= 15 is 0 Å². The highest BCUT2D eigenvalue weighted by Gasteiger charge is 2.16. The highest BCUT2D eigenvalue weighted by molar-refractivity contribution is 5.94. The van der Waals surface area contributed by atoms with Crippen LogP contribution in [-0.4, -0.2) is 49.0 Å². The number of nitrogens with one attached hydrogen (secondary N) is 2. The predicted molar refractivity (Wildman–Crippen MR) is 94.4 cm³/mol. The molecular weight excluding hydrogens is 322 g/mol. The topological polar surface area (TPSA) is 87.7 Å². The zero-order valence-electron chi connectivity index (χ0n) is 14.8. The number of benzene rings is 1. The number of anilines is 1. The Hall–Kier alpha value is -2.41. The van der Waals surface area contributed by atoms with Gasteiger partial charge in [0.2, 0.25) is 11.8 Å². The van der Waals surface area contributed by atoms with Crippen molar-refractivity contribution in [1.82, 2.24) is 10.2 Å². The third-order valence-corrected chi connectivity index (χ3v) is 4.08. The summed E-state index contributed by atoms with van der Waals surface area (Å²) in [6, 6.07) is 5.98. The molecule has 0 unspecified atom stereocenters. The molecule has 2 N–H and O–H groups in total. The Labute approximate surface area is 147 Å². The van der Waals surface area contributed by atoms with Gasteiger partial charge in [-0.1, -0.05) is 13.0 Å². The van der Waals surface area contributed by atoms with Crippen molar-refractivity contribution in [3.05, 3.63) is 29.3 Å². The maximum atomic E-state index is 12.2. The number of aryl methyl sites for hydroxylation is 2. The third-order valence-electron chi connectivity index (χ3n) is 4.08. The molecule has 1 aliphatic carbocycles. The number of hydrogen-bond acceptors (Lipinski definition) is 5. The smallest absolute Gasteiger partial charge is 0.413 e. The van der Waals surface area contributed by atoms with Crippen LogP contribution in [0.2, 0.25) is 0 Å². The lowest BCUT2D eigenvalue weighted by molar-refractivity contribution is -0.122. The molecule has 1 aromatic carbocycles. The van der Waals surface area contributed by atoms with Crippen LogP contribution in [0.4, 0.5) is 10.5 Å². The zero-order chi connectivity index (χ0) is 18.2. The Morgan fingerprint density at radius 2 is 1.80 bits per heavy atom. The van der Waals surface area contributed by atoms with E-state index in [0.717, 1.165) is 24.9 Å². The Kier molecular flexibility index (Phi) is 6.94. The normalized spacial score (nSPS) is 12.6. The Bertz CT molecular complexity index is 645. The second kappa shape index (κ2) is 9.17. The van der Waals surface area contributed by atoms with Crippen LogP contribution in [0, 0.1) is 0 Å². The highest BCUT2D eigenvalue weighted by atomic mass is 16.5. The van der Waals surface area contributed by atoms with Gasteiger partial charge in [0.15, 0.2) is 0 Å². The molecule has 0 saturated heterocycles. The summed E-state index contributed by atoms with van der Waals surface area (Å²) < 4.78 is 4.66. The van der Waals surface area contributed by atoms with Crippen molar-refractivity contribution in [2.24, 2.45) is 0 Å². The second-order valence-electron chi connectivity index (χ2n) is 5.96. The van der Waals surface area contributed by atoms with Crippen molar-refractivity contribution in [2.75, 3.05) is 31.6 Å². The van der Waals surface area contributed by atoms with E-state index in [2.05, 4.69) is 21.4 Å². The summed E-state index contributed by atoms with van der Waals surface area (Å²) in [7, 11) is 0. The van der Waals surface area contributed by atoms with E-state index in [4.69, 9.17) is 0 Å². The number of fused-ring (bicyclic) bond motifs is 1. The number of amides is 3. The fourth-order valence-electron chi connectivity index (χ4n) is 2.86. The van der Waals surface area contributed by atoms with Gasteiger partial charge >= 0.3 is 6.09 Å². The van der Waals surface area contributed by atoms with Gasteiger partial charge in [0, 0.05) is 5.69 Å². The standard InChI is InChI=1S/C18H25N3O4/c1-3-21(12-17(23)20-18(24)25-4-2)11-16(22)19-15-9-8-13-6-5-7-14(13)10-15/h8-10H,3-7,11-12H2,1-2H3,(H,19,22)(H,20,23,24). The Morgan fingerprint density at radius 3 is 2.52 bits per heavy atom. The van der Waals surface area contributed by atoms with E-state index in [1.165, 1.54) is 11.1 Å². The number of ether oxygens (including phenoxy) is 1. The number of imide groups is 1. The SMILES string of the molecule is CCOC(=O)NC(=O)CN(CC)CC(=O)Nc1ccc2c(c1)CCC2. The molecule has 0 atom stereocenters. The molecular formula is C18H25N3O4. The number of rotatable bonds is 7. The minimum Gasteiger partial charge on any atom is -0.450 e. The maximum absolute atomic E-state index is 12.2. The zero-order valence-corrected chi connectivity index (χ0v) is 14.8. The minimum atomic E-state index is -0.772. The molecule has 0 fully saturated rings. The average molecular weight is 347 g/mol. The molecule has 7 nitrogen and oxygen atoms in total. The van der Waals surface area contributed by atoms with Crippen LogP contribution >= 0.6 is 0 Å². The maximum Gasteiger partial charge on any atom is 0.413 e. The molecule has 0 saturated carbocycles. The van der Waals surface area contributed by atoms with E-state index in [1.807, 2.05) is 19.1 Å². The molecule has 1 aliphatic rings. The van der Waals surface area contributed by atoms with E-state index in [9.17, 15) is 14.4 Å². The van der Waals surface area contributed by atoms with Crippen LogP contribution in [0.5, 0.6) is 0 Å². The van der Waals surface area contributed by atoms with Gasteiger partial charge < -0.3 is 10.1 Å². The Balaban J connectivity index is 1.83. The van der Waals surface area contributed by atoms with Crippen LogP contribution in [-0.2, 0) is 27.2 Å². The molecule has 25 heavy (non-hydrogen) atoms. The predicted octanol–water partition coefficient (Wildman–Crippen LogP) is 1.71. The van der Waals surface area contributed by atoms with Crippen LogP contribution in [0.15, 0.2) is 18.2 Å². The molecule has 0 bridgehead atoms. The molecule has 2 rings (SSSR count). The van der Waals surface area contributed by atoms with Crippen molar-refractivity contribution in [1.29, 1.82) is 0 Å². The number of likely N-dealkylation sites (N-methyl/N-ethyl adjacent to an activating group) is 1. The molecule has 7 heteroatoms. The first-order valence-electron chi connectivity index (χ1n) is 8.62. The summed E-state index contributed by atoms with van der Waals surface area (Å²) >= 11 is 0. The van der Waals surface area contributed by atoms with Crippen LogP contribution in [0.25, 0.3) is 0 Å². The fraction of sp³-hybridized carbons (Fsp3) is 0.500. The van der Waals surface area contributed by atoms with Gasteiger partial charge in [-0.15, -0.1) is 0 Å². The van der Waals surface area contributed by atoms with Crippen LogP contribution < -0.4 is 10.6 Å². The third kappa shape index (κ3) is 5.86. The van der Waals surface area contributed by atoms with Gasteiger partial charge in [0.1, 0.15) is 0 Å². The lowest BCUT2D eigenvalue weighted by Crippen LogP contribution is -2.43. The molecule has 3 amide bonds. The highest BCUT2D eigenvalue weighted by Crippen LogP contribution is 2.24. The van der Waals surface area contributed by atoms with Gasteiger partial charge in [-0.25, -0.2) is 4.79 Å². The molecule has 0 spiro atoms. The number of alkyl carbamates (subject to hydrolysis) is 1. The summed E-state index contributed by atoms with van der Waals surface area (Å²) in [5, 5.41) is 4.99. The van der Waals surface area contributed by atoms with Gasteiger partial charge in [0.05, 0.1) is 19.7 Å². The van der Waals surface area contributed by atoms with Gasteiger partial charge in [-0.05, 0) is 56.0 Å². The molecule has 0 aromatic heterocycles. The first-order valence-corrected chi connectivity index (χ1v) is 8.62. The molecule has 136 valence electrons. The van der Waals surface area contributed by atoms with Crippen LogP contribution in [0.3, 0.4) is 0 Å².